The Morgan fingerprint density at radius 2 is 1.60 bits per heavy atom. The minimum atomic E-state index is -0.415. The molecule has 0 spiro atoms. The van der Waals surface area contributed by atoms with Crippen molar-refractivity contribution in [3.8, 4) is 0 Å². The first-order chi connectivity index (χ1) is 9.66. The fraction of sp³-hybridized carbons (Fsp3) is 0.176. The van der Waals surface area contributed by atoms with Gasteiger partial charge in [0.1, 0.15) is 0 Å². The summed E-state index contributed by atoms with van der Waals surface area (Å²) in [5.74, 6) is -0.274. The molecule has 0 heterocycles. The van der Waals surface area contributed by atoms with Crippen molar-refractivity contribution in [3.63, 3.8) is 0 Å². The third-order valence-electron chi connectivity index (χ3n) is 3.00. The Morgan fingerprint density at radius 3 is 2.15 bits per heavy atom. The number of Topliss-reactive ketones (excluding diaryl/α,β-unsaturated/α-hetero) is 1. The molecule has 0 aliphatic rings. The lowest BCUT2D eigenvalue weighted by atomic mass is 9.98. The van der Waals surface area contributed by atoms with E-state index in [9.17, 15) is 9.90 Å². The molecule has 2 aromatic carbocycles. The van der Waals surface area contributed by atoms with E-state index in [4.69, 9.17) is 0 Å². The zero-order chi connectivity index (χ0) is 14.4. The molecular formula is C17H16NO2-. The molecule has 0 aliphatic heterocycles. The molecule has 2 aromatic rings. The molecule has 0 saturated heterocycles. The van der Waals surface area contributed by atoms with Crippen LogP contribution in [0.4, 0.5) is 0 Å². The standard InChI is InChI=1S/C17H17NO2/c1-13(19)18-16(14-8-4-2-5-9-14)12-17(20)15-10-6-3-7-11-15/h2-11,16H,12H2,1H3,(H,18,19)/p-1. The van der Waals surface area contributed by atoms with Crippen molar-refractivity contribution in [1.29, 1.82) is 0 Å². The molecule has 3 heteroatoms. The van der Waals surface area contributed by atoms with Gasteiger partial charge < -0.3 is 5.11 Å². The third kappa shape index (κ3) is 3.79. The molecule has 0 N–H and O–H groups in total. The van der Waals surface area contributed by atoms with E-state index in [-0.39, 0.29) is 18.1 Å². The average molecular weight is 266 g/mol. The van der Waals surface area contributed by atoms with Gasteiger partial charge in [-0.05, 0) is 18.4 Å². The number of hydrogen-bond donors (Lipinski definition) is 0. The van der Waals surface area contributed by atoms with Gasteiger partial charge in [0.2, 0.25) is 0 Å². The number of rotatable bonds is 5. The van der Waals surface area contributed by atoms with Gasteiger partial charge >= 0.3 is 0 Å². The van der Waals surface area contributed by atoms with Crippen molar-refractivity contribution in [1.82, 2.24) is 0 Å². The van der Waals surface area contributed by atoms with Gasteiger partial charge in [-0.15, -0.1) is 0 Å². The first-order valence-corrected chi connectivity index (χ1v) is 6.51. The van der Waals surface area contributed by atoms with Crippen LogP contribution in [0, 0.1) is 0 Å². The maximum Gasteiger partial charge on any atom is 0.165 e. The summed E-state index contributed by atoms with van der Waals surface area (Å²) in [5, 5.41) is 11.3. The van der Waals surface area contributed by atoms with Gasteiger partial charge in [0.15, 0.2) is 5.78 Å². The highest BCUT2D eigenvalue weighted by Gasteiger charge is 2.15. The van der Waals surface area contributed by atoms with Gasteiger partial charge in [-0.2, -0.15) is 0 Å². The summed E-state index contributed by atoms with van der Waals surface area (Å²) in [5.41, 5.74) is 1.53. The largest absolute Gasteiger partial charge is 0.862 e. The normalized spacial score (nSPS) is 12.9. The lowest BCUT2D eigenvalue weighted by molar-refractivity contribution is -0.216. The SMILES string of the molecule is CC([O-])=NC(CC(=O)c1ccccc1)c1ccccc1. The maximum absolute atomic E-state index is 12.2. The second kappa shape index (κ2) is 6.66. The Hall–Kier alpha value is -2.42. The lowest BCUT2D eigenvalue weighted by Gasteiger charge is -2.15. The van der Waals surface area contributed by atoms with Gasteiger partial charge in [-0.25, -0.2) is 0 Å². The summed E-state index contributed by atoms with van der Waals surface area (Å²) >= 11 is 0. The molecule has 0 saturated carbocycles. The second-order valence-electron chi connectivity index (χ2n) is 4.57. The summed E-state index contributed by atoms with van der Waals surface area (Å²) in [6, 6.07) is 18.1. The zero-order valence-electron chi connectivity index (χ0n) is 11.3. The van der Waals surface area contributed by atoms with Crippen LogP contribution >= 0.6 is 0 Å². The van der Waals surface area contributed by atoms with Crippen LogP contribution in [-0.2, 0) is 0 Å². The van der Waals surface area contributed by atoms with Crippen molar-refractivity contribution in [3.05, 3.63) is 71.8 Å². The molecule has 0 amide bonds. The molecule has 0 radical (unpaired) electrons. The minimum absolute atomic E-state index is 0.00977. The van der Waals surface area contributed by atoms with E-state index in [0.29, 0.717) is 5.56 Å². The maximum atomic E-state index is 12.2. The number of hydrogen-bond acceptors (Lipinski definition) is 3. The molecule has 1 unspecified atom stereocenters. The molecule has 0 fully saturated rings. The van der Waals surface area contributed by atoms with Crippen molar-refractivity contribution in [2.75, 3.05) is 0 Å². The summed E-state index contributed by atoms with van der Waals surface area (Å²) in [7, 11) is 0. The van der Waals surface area contributed by atoms with Crippen LogP contribution in [0.15, 0.2) is 65.7 Å². The van der Waals surface area contributed by atoms with Gasteiger partial charge in [0, 0.05) is 12.0 Å². The van der Waals surface area contributed by atoms with Crippen LogP contribution in [0.5, 0.6) is 0 Å². The molecule has 0 aliphatic carbocycles. The smallest absolute Gasteiger partial charge is 0.165 e. The third-order valence-corrected chi connectivity index (χ3v) is 3.00. The van der Waals surface area contributed by atoms with Gasteiger partial charge in [0.25, 0.3) is 0 Å². The summed E-state index contributed by atoms with van der Waals surface area (Å²) in [6.07, 6.45) is 0.202. The van der Waals surface area contributed by atoms with Gasteiger partial charge in [0.05, 0.1) is 6.04 Å². The number of carbonyl (C=O) groups excluding carboxylic acids is 1. The van der Waals surface area contributed by atoms with E-state index >= 15 is 0 Å². The van der Waals surface area contributed by atoms with Crippen molar-refractivity contribution >= 4 is 11.7 Å². The Morgan fingerprint density at radius 1 is 1.05 bits per heavy atom. The van der Waals surface area contributed by atoms with E-state index in [1.54, 1.807) is 12.1 Å². The molecule has 1 atom stereocenters. The zero-order valence-corrected chi connectivity index (χ0v) is 11.3. The number of benzene rings is 2. The van der Waals surface area contributed by atoms with Crippen LogP contribution in [-0.4, -0.2) is 11.7 Å². The van der Waals surface area contributed by atoms with Crippen molar-refractivity contribution < 1.29 is 9.90 Å². The number of ketones is 1. The first-order valence-electron chi connectivity index (χ1n) is 6.51. The highest BCUT2D eigenvalue weighted by Crippen LogP contribution is 2.23. The van der Waals surface area contributed by atoms with Gasteiger partial charge in [-0.3, -0.25) is 9.79 Å². The monoisotopic (exact) mass is 266 g/mol. The van der Waals surface area contributed by atoms with E-state index < -0.39 is 6.04 Å². The van der Waals surface area contributed by atoms with Crippen molar-refractivity contribution in [2.45, 2.75) is 19.4 Å². The molecule has 20 heavy (non-hydrogen) atoms. The van der Waals surface area contributed by atoms with E-state index in [1.807, 2.05) is 48.5 Å². The Bertz CT molecular complexity index is 587. The topological polar surface area (TPSA) is 52.5 Å². The van der Waals surface area contributed by atoms with E-state index in [2.05, 4.69) is 4.99 Å². The molecular weight excluding hydrogens is 250 g/mol. The second-order valence-corrected chi connectivity index (χ2v) is 4.57. The molecule has 3 nitrogen and oxygen atoms in total. The quantitative estimate of drug-likeness (QED) is 0.474. The van der Waals surface area contributed by atoms with Crippen LogP contribution in [0.2, 0.25) is 0 Å². The van der Waals surface area contributed by atoms with Crippen LogP contribution in [0.3, 0.4) is 0 Å². The summed E-state index contributed by atoms with van der Waals surface area (Å²) in [6.45, 7) is 1.41. The number of nitrogens with zero attached hydrogens (tertiary/aromatic N) is 1. The lowest BCUT2D eigenvalue weighted by Crippen LogP contribution is -2.15. The highest BCUT2D eigenvalue weighted by molar-refractivity contribution is 5.96. The van der Waals surface area contributed by atoms with Gasteiger partial charge in [-0.1, -0.05) is 60.7 Å². The van der Waals surface area contributed by atoms with Crippen LogP contribution in [0.25, 0.3) is 0 Å². The molecule has 0 bridgehead atoms. The van der Waals surface area contributed by atoms with Crippen LogP contribution in [0.1, 0.15) is 35.3 Å². The number of carbonyl (C=O) groups is 1. The predicted molar refractivity (Wildman–Crippen MR) is 77.7 cm³/mol. The minimum Gasteiger partial charge on any atom is -0.862 e. The summed E-state index contributed by atoms with van der Waals surface area (Å²) in [4.78, 5) is 16.3. The molecule has 2 rings (SSSR count). The predicted octanol–water partition coefficient (Wildman–Crippen LogP) is 2.78. The van der Waals surface area contributed by atoms with Crippen LogP contribution < -0.4 is 5.11 Å². The van der Waals surface area contributed by atoms with E-state index in [1.165, 1.54) is 6.92 Å². The Kier molecular flexibility index (Phi) is 4.66. The fourth-order valence-corrected chi connectivity index (χ4v) is 2.05. The average Bonchev–Trinajstić information content (AvgIpc) is 2.48. The highest BCUT2D eigenvalue weighted by atomic mass is 16.3. The fourth-order valence-electron chi connectivity index (χ4n) is 2.05. The number of aliphatic imine (C=N–C) groups is 1. The Labute approximate surface area is 118 Å². The first kappa shape index (κ1) is 14.0. The summed E-state index contributed by atoms with van der Waals surface area (Å²) < 4.78 is 0. The Balaban J connectivity index is 2.21. The van der Waals surface area contributed by atoms with Crippen molar-refractivity contribution in [2.24, 2.45) is 4.99 Å². The molecule has 0 aromatic heterocycles. The molecule has 102 valence electrons. The van der Waals surface area contributed by atoms with E-state index in [0.717, 1.165) is 5.56 Å².